The Labute approximate surface area is 181 Å². The molecule has 0 radical (unpaired) electrons. The van der Waals surface area contributed by atoms with Crippen molar-refractivity contribution in [2.24, 2.45) is 7.05 Å². The molecule has 0 unspecified atom stereocenters. The lowest BCUT2D eigenvalue weighted by molar-refractivity contribution is 0.151. The summed E-state index contributed by atoms with van der Waals surface area (Å²) in [5.41, 5.74) is 3.92. The summed E-state index contributed by atoms with van der Waals surface area (Å²) in [5, 5.41) is 25.6. The summed E-state index contributed by atoms with van der Waals surface area (Å²) in [6.07, 6.45) is -1.49. The van der Waals surface area contributed by atoms with Gasteiger partial charge in [-0.1, -0.05) is 5.21 Å². The maximum atomic E-state index is 12.8. The Morgan fingerprint density at radius 2 is 1.94 bits per heavy atom. The first-order valence-electron chi connectivity index (χ1n) is 9.58. The third-order valence-electron chi connectivity index (χ3n) is 5.12. The predicted octanol–water partition coefficient (Wildman–Crippen LogP) is 3.46. The van der Waals surface area contributed by atoms with E-state index in [2.05, 4.69) is 31.6 Å². The minimum absolute atomic E-state index is 0.0775. The van der Waals surface area contributed by atoms with Gasteiger partial charge in [0.15, 0.2) is 5.82 Å². The summed E-state index contributed by atoms with van der Waals surface area (Å²) in [5.74, 6) is 0.638. The molecule has 162 valence electrons. The summed E-state index contributed by atoms with van der Waals surface area (Å²) in [4.78, 5) is 4.04. The smallest absolute Gasteiger partial charge is 0.265 e. The molecule has 0 aliphatic heterocycles. The molecule has 0 N–H and O–H groups in total. The van der Waals surface area contributed by atoms with Crippen molar-refractivity contribution in [3.05, 3.63) is 64.9 Å². The van der Waals surface area contributed by atoms with E-state index in [4.69, 9.17) is 4.74 Å². The molecule has 0 aromatic carbocycles. The minimum Gasteiger partial charge on any atom is -0.470 e. The van der Waals surface area contributed by atoms with Crippen molar-refractivity contribution < 1.29 is 13.5 Å². The first-order valence-corrected chi connectivity index (χ1v) is 9.58. The summed E-state index contributed by atoms with van der Waals surface area (Å²) in [7, 11) is 1.82. The second kappa shape index (κ2) is 8.50. The van der Waals surface area contributed by atoms with Gasteiger partial charge in [0.05, 0.1) is 11.4 Å². The Balaban J connectivity index is 1.51. The number of halogens is 2. The normalized spacial score (nSPS) is 11.0. The number of ether oxygens (including phenoxy) is 1. The van der Waals surface area contributed by atoms with Crippen LogP contribution in [-0.4, -0.2) is 34.7 Å². The van der Waals surface area contributed by atoms with E-state index in [0.29, 0.717) is 28.6 Å². The summed E-state index contributed by atoms with van der Waals surface area (Å²) in [6.45, 7) is 3.74. The number of nitriles is 1. The molecule has 4 aromatic heterocycles. The van der Waals surface area contributed by atoms with Crippen molar-refractivity contribution in [3.8, 4) is 29.0 Å². The monoisotopic (exact) mass is 436 g/mol. The van der Waals surface area contributed by atoms with Crippen molar-refractivity contribution in [2.75, 3.05) is 0 Å². The molecule has 0 fully saturated rings. The second-order valence-electron chi connectivity index (χ2n) is 7.03. The molecule has 11 heteroatoms. The lowest BCUT2D eigenvalue weighted by Gasteiger charge is -2.09. The van der Waals surface area contributed by atoms with Crippen molar-refractivity contribution in [1.82, 2.24) is 34.7 Å². The van der Waals surface area contributed by atoms with Crippen LogP contribution in [0.15, 0.2) is 36.5 Å². The van der Waals surface area contributed by atoms with E-state index in [-0.39, 0.29) is 18.1 Å². The van der Waals surface area contributed by atoms with Gasteiger partial charge >= 0.3 is 0 Å². The fraction of sp³-hybridized carbons (Fsp3) is 0.238. The largest absolute Gasteiger partial charge is 0.470 e. The van der Waals surface area contributed by atoms with Crippen LogP contribution in [0.25, 0.3) is 17.1 Å². The van der Waals surface area contributed by atoms with Crippen molar-refractivity contribution in [2.45, 2.75) is 26.9 Å². The Bertz CT molecular complexity index is 1290. The van der Waals surface area contributed by atoms with Gasteiger partial charge in [0.25, 0.3) is 6.43 Å². The first kappa shape index (κ1) is 21.0. The number of aryl methyl sites for hydroxylation is 1. The molecule has 0 aliphatic carbocycles. The van der Waals surface area contributed by atoms with E-state index in [1.165, 1.54) is 16.8 Å². The highest BCUT2D eigenvalue weighted by molar-refractivity contribution is 5.64. The van der Waals surface area contributed by atoms with Gasteiger partial charge in [-0.05, 0) is 38.1 Å². The molecular weight excluding hydrogens is 418 g/mol. The number of rotatable bonds is 6. The molecule has 4 heterocycles. The van der Waals surface area contributed by atoms with E-state index < -0.39 is 6.43 Å². The first-order chi connectivity index (χ1) is 15.4. The van der Waals surface area contributed by atoms with Crippen LogP contribution in [0.4, 0.5) is 8.78 Å². The number of nitrogens with zero attached hydrogens (tertiary/aromatic N) is 8. The fourth-order valence-corrected chi connectivity index (χ4v) is 3.13. The second-order valence-corrected chi connectivity index (χ2v) is 7.03. The Morgan fingerprint density at radius 1 is 1.12 bits per heavy atom. The molecule has 0 aliphatic rings. The van der Waals surface area contributed by atoms with Crippen LogP contribution in [-0.2, 0) is 13.7 Å². The zero-order chi connectivity index (χ0) is 22.8. The predicted molar refractivity (Wildman–Crippen MR) is 109 cm³/mol. The Hall–Kier alpha value is -4.20. The highest BCUT2D eigenvalue weighted by Crippen LogP contribution is 2.25. The van der Waals surface area contributed by atoms with Gasteiger partial charge in [0.2, 0.25) is 5.88 Å². The van der Waals surface area contributed by atoms with Crippen LogP contribution >= 0.6 is 0 Å². The maximum Gasteiger partial charge on any atom is 0.265 e. The molecular formula is C21H18F2N8O. The number of aromatic nitrogens is 7. The summed E-state index contributed by atoms with van der Waals surface area (Å²) in [6, 6.07) is 10.1. The highest BCUT2D eigenvalue weighted by Gasteiger charge is 2.16. The SMILES string of the molecule is Cc1nnn(-c2ccc(C(F)F)cn2)c1COc1ccc(-c2cc(C#N)n(C)c2C)nn1. The van der Waals surface area contributed by atoms with Gasteiger partial charge in [-0.25, -0.2) is 13.8 Å². The minimum atomic E-state index is -2.59. The molecule has 0 saturated carbocycles. The van der Waals surface area contributed by atoms with E-state index in [0.717, 1.165) is 17.5 Å². The Kier molecular flexibility index (Phi) is 5.59. The molecule has 32 heavy (non-hydrogen) atoms. The standard InChI is InChI=1S/C21H18F2N8O/c1-12-18(31(29-26-12)19-6-4-14(10-25-19)21(22)23)11-32-20-7-5-17(27-28-20)16-8-15(9-24)30(3)13(16)2/h4-8,10,21H,11H2,1-3H3. The van der Waals surface area contributed by atoms with Gasteiger partial charge in [0.1, 0.15) is 24.1 Å². The molecule has 0 saturated heterocycles. The van der Waals surface area contributed by atoms with Crippen LogP contribution in [0.2, 0.25) is 0 Å². The number of alkyl halides is 2. The van der Waals surface area contributed by atoms with Crippen LogP contribution in [0.1, 0.15) is 34.8 Å². The van der Waals surface area contributed by atoms with E-state index in [1.807, 2.05) is 14.0 Å². The maximum absolute atomic E-state index is 12.8. The highest BCUT2D eigenvalue weighted by atomic mass is 19.3. The topological polar surface area (TPSA) is 107 Å². The molecule has 4 rings (SSSR count). The van der Waals surface area contributed by atoms with Crippen LogP contribution in [0, 0.1) is 25.2 Å². The third-order valence-corrected chi connectivity index (χ3v) is 5.12. The fourth-order valence-electron chi connectivity index (χ4n) is 3.13. The van der Waals surface area contributed by atoms with Gasteiger partial charge < -0.3 is 9.30 Å². The van der Waals surface area contributed by atoms with E-state index in [1.54, 1.807) is 29.7 Å². The zero-order valence-electron chi connectivity index (χ0n) is 17.5. The molecule has 0 bridgehead atoms. The van der Waals surface area contributed by atoms with Crippen molar-refractivity contribution >= 4 is 0 Å². The average molecular weight is 436 g/mol. The van der Waals surface area contributed by atoms with Gasteiger partial charge in [-0.3, -0.25) is 0 Å². The molecule has 4 aromatic rings. The van der Waals surface area contributed by atoms with Crippen LogP contribution in [0.3, 0.4) is 0 Å². The summed E-state index contributed by atoms with van der Waals surface area (Å²) >= 11 is 0. The molecule has 9 nitrogen and oxygen atoms in total. The van der Waals surface area contributed by atoms with Crippen LogP contribution < -0.4 is 4.74 Å². The molecule has 0 spiro atoms. The molecule has 0 atom stereocenters. The van der Waals surface area contributed by atoms with Crippen LogP contribution in [0.5, 0.6) is 5.88 Å². The number of pyridine rings is 1. The third kappa shape index (κ3) is 3.90. The lowest BCUT2D eigenvalue weighted by Crippen LogP contribution is -2.09. The van der Waals surface area contributed by atoms with Crippen molar-refractivity contribution in [1.29, 1.82) is 5.26 Å². The average Bonchev–Trinajstić information content (AvgIpc) is 3.32. The van der Waals surface area contributed by atoms with Crippen molar-refractivity contribution in [3.63, 3.8) is 0 Å². The number of hydrogen-bond donors (Lipinski definition) is 0. The van der Waals surface area contributed by atoms with E-state index in [9.17, 15) is 14.0 Å². The van der Waals surface area contributed by atoms with Gasteiger partial charge in [-0.15, -0.1) is 15.3 Å². The van der Waals surface area contributed by atoms with E-state index >= 15 is 0 Å². The molecule has 0 amide bonds. The Morgan fingerprint density at radius 3 is 2.53 bits per heavy atom. The lowest BCUT2D eigenvalue weighted by atomic mass is 10.2. The van der Waals surface area contributed by atoms with Gasteiger partial charge in [-0.2, -0.15) is 9.94 Å². The van der Waals surface area contributed by atoms with Gasteiger partial charge in [0, 0.05) is 36.1 Å². The summed E-state index contributed by atoms with van der Waals surface area (Å²) < 4.78 is 34.5. The number of hydrogen-bond acceptors (Lipinski definition) is 7. The quantitative estimate of drug-likeness (QED) is 0.455. The zero-order valence-corrected chi connectivity index (χ0v) is 17.5.